The van der Waals surface area contributed by atoms with Crippen molar-refractivity contribution >= 4 is 11.8 Å². The van der Waals surface area contributed by atoms with Crippen LogP contribution in [0.5, 0.6) is 0 Å². The number of halogens is 1. The largest absolute Gasteiger partial charge is 0.457 e. The molecular formula is C25H46FNO6. The van der Waals surface area contributed by atoms with E-state index >= 15 is 4.39 Å². The fraction of sp³-hybridized carbons (Fsp3) is 0.920. The van der Waals surface area contributed by atoms with Crippen LogP contribution >= 0.6 is 0 Å². The topological polar surface area (TPSA) is 96.3 Å². The molecule has 1 saturated heterocycles. The van der Waals surface area contributed by atoms with E-state index in [-0.39, 0.29) is 12.3 Å². The van der Waals surface area contributed by atoms with Gasteiger partial charge >= 0.3 is 5.97 Å². The number of carbonyl (C=O) groups excluding carboxylic acids is 2. The van der Waals surface area contributed by atoms with E-state index in [0.717, 1.165) is 6.92 Å². The second-order valence-electron chi connectivity index (χ2n) is 11.2. The number of cyclic esters (lactones) is 1. The standard InChI is InChI=1S/C25H46FNO6/c1-12-18-25(9,31)20(29)17(4)27(10)14-15(2)13-23(7,32-11)22(5,6)16(3)19(28)24(8,26)21(30)33-18/h15-18,20,29,31H,12-14H2,1-11H3/t15-,16+,17-,18-,20-,23-,24+,25-/m1/s1. The van der Waals surface area contributed by atoms with Gasteiger partial charge in [0.25, 0.3) is 5.67 Å². The molecule has 33 heavy (non-hydrogen) atoms. The van der Waals surface area contributed by atoms with Crippen molar-refractivity contribution in [3.63, 3.8) is 0 Å². The molecule has 1 heterocycles. The van der Waals surface area contributed by atoms with Crippen LogP contribution in [0.15, 0.2) is 0 Å². The number of methoxy groups -OCH3 is 1. The Morgan fingerprint density at radius 2 is 1.67 bits per heavy atom. The number of hydrogen-bond donors (Lipinski definition) is 2. The minimum absolute atomic E-state index is 0.0860. The summed E-state index contributed by atoms with van der Waals surface area (Å²) in [6.45, 7) is 15.6. The highest BCUT2D eigenvalue weighted by molar-refractivity contribution is 6.07. The van der Waals surface area contributed by atoms with Gasteiger partial charge in [-0.3, -0.25) is 4.79 Å². The Balaban J connectivity index is 3.63. The number of carbonyl (C=O) groups is 2. The number of hydrogen-bond acceptors (Lipinski definition) is 7. The number of alkyl halides is 1. The van der Waals surface area contributed by atoms with Gasteiger partial charge in [-0.2, -0.15) is 0 Å². The molecule has 0 aromatic heterocycles. The van der Waals surface area contributed by atoms with Crippen molar-refractivity contribution < 1.29 is 33.7 Å². The molecule has 8 atom stereocenters. The number of aliphatic hydroxyl groups is 2. The number of ketones is 1. The van der Waals surface area contributed by atoms with Crippen LogP contribution in [0, 0.1) is 17.3 Å². The van der Waals surface area contributed by atoms with Crippen molar-refractivity contribution in [1.29, 1.82) is 0 Å². The van der Waals surface area contributed by atoms with Crippen molar-refractivity contribution in [3.05, 3.63) is 0 Å². The van der Waals surface area contributed by atoms with Gasteiger partial charge in [0, 0.05) is 31.0 Å². The Morgan fingerprint density at radius 1 is 1.15 bits per heavy atom. The van der Waals surface area contributed by atoms with Crippen molar-refractivity contribution in [1.82, 2.24) is 4.90 Å². The first kappa shape index (κ1) is 29.9. The number of ether oxygens (including phenoxy) is 2. The van der Waals surface area contributed by atoms with E-state index in [9.17, 15) is 19.8 Å². The normalized spacial score (nSPS) is 44.6. The first-order chi connectivity index (χ1) is 14.8. The van der Waals surface area contributed by atoms with E-state index in [4.69, 9.17) is 9.47 Å². The summed E-state index contributed by atoms with van der Waals surface area (Å²) in [6.07, 6.45) is -1.80. The number of nitrogens with zero attached hydrogens (tertiary/aromatic N) is 1. The maximum absolute atomic E-state index is 15.7. The predicted octanol–water partition coefficient (Wildman–Crippen LogP) is 3.14. The molecule has 0 radical (unpaired) electrons. The zero-order valence-electron chi connectivity index (χ0n) is 22.4. The van der Waals surface area contributed by atoms with Crippen LogP contribution < -0.4 is 0 Å². The average Bonchev–Trinajstić information content (AvgIpc) is 2.73. The van der Waals surface area contributed by atoms with Gasteiger partial charge in [0.15, 0.2) is 5.78 Å². The summed E-state index contributed by atoms with van der Waals surface area (Å²) >= 11 is 0. The fourth-order valence-electron chi connectivity index (χ4n) is 5.07. The van der Waals surface area contributed by atoms with Crippen molar-refractivity contribution in [2.24, 2.45) is 17.3 Å². The van der Waals surface area contributed by atoms with Gasteiger partial charge in [0.2, 0.25) is 0 Å². The van der Waals surface area contributed by atoms with Gasteiger partial charge in [-0.1, -0.05) is 34.6 Å². The van der Waals surface area contributed by atoms with Crippen molar-refractivity contribution in [2.45, 2.75) is 110 Å². The summed E-state index contributed by atoms with van der Waals surface area (Å²) < 4.78 is 27.0. The Labute approximate surface area is 199 Å². The van der Waals surface area contributed by atoms with Gasteiger partial charge < -0.3 is 24.6 Å². The molecule has 0 aromatic rings. The Kier molecular flexibility index (Phi) is 9.31. The molecule has 1 fully saturated rings. The molecule has 7 nitrogen and oxygen atoms in total. The zero-order chi connectivity index (χ0) is 26.2. The molecule has 2 N–H and O–H groups in total. The minimum Gasteiger partial charge on any atom is -0.457 e. The summed E-state index contributed by atoms with van der Waals surface area (Å²) in [5, 5.41) is 22.2. The monoisotopic (exact) mass is 475 g/mol. The van der Waals surface area contributed by atoms with E-state index in [2.05, 4.69) is 0 Å². The first-order valence-electron chi connectivity index (χ1n) is 11.9. The van der Waals surface area contributed by atoms with Gasteiger partial charge in [-0.15, -0.1) is 0 Å². The fourth-order valence-corrected chi connectivity index (χ4v) is 5.07. The van der Waals surface area contributed by atoms with Gasteiger partial charge in [-0.25, -0.2) is 9.18 Å². The number of esters is 1. The summed E-state index contributed by atoms with van der Waals surface area (Å²) in [5.74, 6) is -3.05. The average molecular weight is 476 g/mol. The third kappa shape index (κ3) is 5.60. The van der Waals surface area contributed by atoms with Crippen LogP contribution in [0.25, 0.3) is 0 Å². The first-order valence-corrected chi connectivity index (χ1v) is 11.9. The molecule has 0 bridgehead atoms. The molecule has 0 aromatic carbocycles. The highest BCUT2D eigenvalue weighted by Gasteiger charge is 2.56. The van der Waals surface area contributed by atoms with Gasteiger partial charge in [-0.05, 0) is 53.5 Å². The van der Waals surface area contributed by atoms with Crippen molar-refractivity contribution in [3.8, 4) is 0 Å². The molecule has 1 aliphatic rings. The number of rotatable bonds is 2. The number of aliphatic hydroxyl groups excluding tert-OH is 1. The number of Topliss-reactive ketones (excluding diaryl/α,β-unsaturated/α-hetero) is 1. The lowest BCUT2D eigenvalue weighted by molar-refractivity contribution is -0.196. The van der Waals surface area contributed by atoms with E-state index in [1.54, 1.807) is 27.9 Å². The third-order valence-electron chi connectivity index (χ3n) is 8.50. The minimum atomic E-state index is -2.92. The van der Waals surface area contributed by atoms with Crippen molar-refractivity contribution in [2.75, 3.05) is 20.7 Å². The summed E-state index contributed by atoms with van der Waals surface area (Å²) in [7, 11) is 3.42. The lowest BCUT2D eigenvalue weighted by Gasteiger charge is -2.48. The Bertz CT molecular complexity index is 709. The molecule has 1 rings (SSSR count). The second-order valence-corrected chi connectivity index (χ2v) is 11.2. The lowest BCUT2D eigenvalue weighted by Crippen LogP contribution is -2.59. The molecule has 0 spiro atoms. The molecule has 0 saturated carbocycles. The molecule has 0 unspecified atom stereocenters. The van der Waals surface area contributed by atoms with E-state index in [1.165, 1.54) is 6.92 Å². The quantitative estimate of drug-likeness (QED) is 0.468. The Morgan fingerprint density at radius 3 is 2.12 bits per heavy atom. The third-order valence-corrected chi connectivity index (χ3v) is 8.50. The SMILES string of the molecule is CC[C@H]1OC(=O)[C@@](C)(F)C(=O)[C@H](C)C(C)(C)[C@](C)(OC)C[C@@H](C)CN(C)[C@H](C)[C@@H](O)[C@]1(C)O. The highest BCUT2D eigenvalue weighted by Crippen LogP contribution is 2.46. The van der Waals surface area contributed by atoms with Gasteiger partial charge in [0.05, 0.1) is 5.60 Å². The summed E-state index contributed by atoms with van der Waals surface area (Å²) in [6, 6.07) is -0.487. The summed E-state index contributed by atoms with van der Waals surface area (Å²) in [5.41, 5.74) is -6.40. The van der Waals surface area contributed by atoms with Crippen LogP contribution in [0.4, 0.5) is 4.39 Å². The van der Waals surface area contributed by atoms with Crippen LogP contribution in [-0.4, -0.2) is 82.7 Å². The van der Waals surface area contributed by atoms with Crippen LogP contribution in [-0.2, 0) is 19.1 Å². The van der Waals surface area contributed by atoms with Crippen LogP contribution in [0.2, 0.25) is 0 Å². The maximum atomic E-state index is 15.7. The predicted molar refractivity (Wildman–Crippen MR) is 126 cm³/mol. The second kappa shape index (κ2) is 10.3. The molecule has 194 valence electrons. The highest BCUT2D eigenvalue weighted by atomic mass is 19.1. The molecule has 0 amide bonds. The maximum Gasteiger partial charge on any atom is 0.351 e. The zero-order valence-corrected chi connectivity index (χ0v) is 22.4. The van der Waals surface area contributed by atoms with E-state index in [0.29, 0.717) is 13.0 Å². The molecular weight excluding hydrogens is 429 g/mol. The Hall–Kier alpha value is -1.09. The lowest BCUT2D eigenvalue weighted by atomic mass is 9.62. The van der Waals surface area contributed by atoms with E-state index in [1.807, 2.05) is 39.6 Å². The smallest absolute Gasteiger partial charge is 0.351 e. The molecule has 1 aliphatic heterocycles. The summed E-state index contributed by atoms with van der Waals surface area (Å²) in [4.78, 5) is 28.1. The van der Waals surface area contributed by atoms with E-state index < -0.39 is 58.2 Å². The van der Waals surface area contributed by atoms with Crippen LogP contribution in [0.3, 0.4) is 0 Å². The number of likely N-dealkylation sites (N-methyl/N-ethyl adjacent to an activating group) is 1. The van der Waals surface area contributed by atoms with Gasteiger partial charge in [0.1, 0.15) is 17.8 Å². The molecule has 0 aliphatic carbocycles. The van der Waals surface area contributed by atoms with Crippen LogP contribution in [0.1, 0.15) is 75.2 Å². The molecule has 8 heteroatoms.